The number of anilines is 6. The lowest BCUT2D eigenvalue weighted by Gasteiger charge is -2.32. The lowest BCUT2D eigenvalue weighted by molar-refractivity contribution is -0.144. The number of benzene rings is 4. The number of likely N-dealkylation sites (tertiary alicyclic amines) is 2. The number of carbonyl (C=O) groups excluding carboxylic acids is 2. The van der Waals surface area contributed by atoms with Crippen molar-refractivity contribution in [2.24, 2.45) is 11.8 Å². The summed E-state index contributed by atoms with van der Waals surface area (Å²) in [7, 11) is 6.67. The molecule has 534 valence electrons. The van der Waals surface area contributed by atoms with Gasteiger partial charge in [-0.1, -0.05) is 42.0 Å². The average Bonchev–Trinajstić information content (AvgIpc) is 1.69. The lowest BCUT2D eigenvalue weighted by atomic mass is 9.76. The monoisotopic (exact) mass is 1490 g/mol. The third-order valence-electron chi connectivity index (χ3n) is 16.4. The first-order chi connectivity index (χ1) is 45.2. The van der Waals surface area contributed by atoms with Gasteiger partial charge in [0, 0.05) is 108 Å². The quantitative estimate of drug-likeness (QED) is 0.0359. The highest BCUT2D eigenvalue weighted by Crippen LogP contribution is 2.38. The van der Waals surface area contributed by atoms with Crippen LogP contribution in [0, 0.1) is 29.3 Å². The van der Waals surface area contributed by atoms with E-state index in [4.69, 9.17) is 39.7 Å². The molecule has 2 atom stereocenters. The van der Waals surface area contributed by atoms with Gasteiger partial charge in [-0.2, -0.15) is 39.8 Å². The maximum absolute atomic E-state index is 12.8. The Kier molecular flexibility index (Phi) is 32.7. The van der Waals surface area contributed by atoms with Gasteiger partial charge in [-0.15, -0.1) is 0 Å². The summed E-state index contributed by atoms with van der Waals surface area (Å²) >= 11 is 2.24. The number of halogens is 7. The zero-order valence-electron chi connectivity index (χ0n) is 58.3. The van der Waals surface area contributed by atoms with E-state index in [-0.39, 0.29) is 26.6 Å². The Morgan fingerprint density at radius 2 is 1.02 bits per heavy atom. The molecule has 3 fully saturated rings. The fourth-order valence-electron chi connectivity index (χ4n) is 10.5. The number of pyridine rings is 2. The largest absolute Gasteiger partial charge is 0.497 e. The SMILES string of the molecule is CCOCC.CCOCC.COc1ccc(CN(C)c2cc(-c3cc(NC(=O)N4CC[C@@H](CC(F)(F)F)C4)ccc3C)cc(N)n2)cc1.COc1ccc(CN(C)c2cc(I)cc(N)n2)cc1.Cc1ccc(NC(=O)N2CC[C@@H](CC(F)(F)F)C2)cc1B1OC(C)(C)C(C)(C)O1.S. The van der Waals surface area contributed by atoms with Gasteiger partial charge in [-0.3, -0.25) is 0 Å². The van der Waals surface area contributed by atoms with Crippen LogP contribution >= 0.6 is 36.1 Å². The van der Waals surface area contributed by atoms with E-state index in [0.717, 1.165) is 87.1 Å². The summed E-state index contributed by atoms with van der Waals surface area (Å²) in [5, 5.41) is 5.63. The van der Waals surface area contributed by atoms with Crippen molar-refractivity contribution in [1.29, 1.82) is 0 Å². The van der Waals surface area contributed by atoms with Crippen LogP contribution in [0.4, 0.5) is 70.6 Å². The van der Waals surface area contributed by atoms with Crippen LogP contribution in [0.1, 0.15) is 103 Å². The standard InChI is InChI=1S/C28H32F3N5O2.C20H28BF3N2O3.C14H16IN3O.2C4H10O.H2S/c1-18-4-7-22(33-27(37)36-11-10-20(17-36)15-28(29,30)31)14-24(18)21-12-25(32)34-26(13-21)35(2)16-19-5-8-23(38-3)9-6-19;1-13-6-7-15(10-16(13)21-28-18(2,3)19(4,5)29-21)25-17(27)26-9-8-14(12-26)11-20(22,23)24;1-18(14-8-11(15)7-13(16)17-14)9-10-3-5-12(19-2)6-4-10;2*1-3-5-4-2;/h4-9,12-14,20H,10-11,15-17H2,1-3H3,(H2,32,34)(H,33,37);6-7,10,14H,8-9,11-12H2,1-5H3,(H,25,27);3-8H,9H2,1-2H3,(H2,16,17);2*3-4H2,1-2H3;1H2/t20-;14-;;;;/m00..../s1. The summed E-state index contributed by atoms with van der Waals surface area (Å²) in [4.78, 5) is 41.1. The molecule has 3 aliphatic heterocycles. The van der Waals surface area contributed by atoms with Crippen LogP contribution < -0.4 is 46.8 Å². The number of ether oxygens (including phenoxy) is 4. The molecular formula is C70H98BF6IN10O8S. The molecule has 5 heterocycles. The maximum Gasteiger partial charge on any atom is 0.495 e. The molecule has 0 aliphatic carbocycles. The van der Waals surface area contributed by atoms with Crippen LogP contribution in [0.2, 0.25) is 0 Å². The number of nitrogens with two attached hydrogens (primary N) is 2. The van der Waals surface area contributed by atoms with E-state index in [0.29, 0.717) is 61.3 Å². The third kappa shape index (κ3) is 27.0. The molecule has 4 amide bonds. The second kappa shape index (κ2) is 38.4. The predicted molar refractivity (Wildman–Crippen MR) is 391 cm³/mol. The zero-order valence-corrected chi connectivity index (χ0v) is 61.4. The van der Waals surface area contributed by atoms with E-state index in [1.807, 2.05) is 173 Å². The number of nitrogens with zero attached hydrogens (tertiary/aromatic N) is 6. The summed E-state index contributed by atoms with van der Waals surface area (Å²) in [6.45, 7) is 25.3. The van der Waals surface area contributed by atoms with Crippen LogP contribution in [-0.2, 0) is 31.9 Å². The molecular weight excluding hydrogens is 1390 g/mol. The average molecular weight is 1490 g/mol. The van der Waals surface area contributed by atoms with Gasteiger partial charge in [0.15, 0.2) is 0 Å². The molecule has 9 rings (SSSR count). The second-order valence-electron chi connectivity index (χ2n) is 24.6. The number of rotatable bonds is 18. The minimum Gasteiger partial charge on any atom is -0.497 e. The van der Waals surface area contributed by atoms with Crippen molar-refractivity contribution in [2.45, 2.75) is 132 Å². The number of urea groups is 2. The van der Waals surface area contributed by atoms with Crippen molar-refractivity contribution >= 4 is 95.4 Å². The topological polar surface area (TPSA) is 204 Å². The first-order valence-electron chi connectivity index (χ1n) is 32.1. The molecule has 6 aromatic rings. The highest BCUT2D eigenvalue weighted by atomic mass is 127. The predicted octanol–water partition coefficient (Wildman–Crippen LogP) is 15.3. The Hall–Kier alpha value is -6.92. The van der Waals surface area contributed by atoms with Crippen LogP contribution in [0.15, 0.2) is 109 Å². The van der Waals surface area contributed by atoms with E-state index in [9.17, 15) is 35.9 Å². The van der Waals surface area contributed by atoms with Crippen LogP contribution in [0.3, 0.4) is 0 Å². The van der Waals surface area contributed by atoms with Crippen molar-refractivity contribution in [2.75, 3.05) is 113 Å². The number of carbonyl (C=O) groups is 2. The summed E-state index contributed by atoms with van der Waals surface area (Å²) in [5.74, 6) is 3.01. The molecule has 4 aromatic carbocycles. The minimum absolute atomic E-state index is 0. The summed E-state index contributed by atoms with van der Waals surface area (Å²) in [6, 6.07) is 33.6. The maximum atomic E-state index is 12.8. The number of hydrogen-bond acceptors (Lipinski definition) is 14. The number of amides is 4. The highest BCUT2D eigenvalue weighted by Gasteiger charge is 2.52. The van der Waals surface area contributed by atoms with Gasteiger partial charge in [0.1, 0.15) is 34.8 Å². The molecule has 2 aromatic heterocycles. The second-order valence-corrected chi connectivity index (χ2v) is 25.8. The van der Waals surface area contributed by atoms with Gasteiger partial charge in [0.2, 0.25) is 0 Å². The molecule has 18 nitrogen and oxygen atoms in total. The van der Waals surface area contributed by atoms with Crippen LogP contribution in [0.25, 0.3) is 11.1 Å². The number of alkyl halides is 6. The smallest absolute Gasteiger partial charge is 0.495 e. The van der Waals surface area contributed by atoms with E-state index in [1.54, 1.807) is 38.5 Å². The molecule has 0 radical (unpaired) electrons. The van der Waals surface area contributed by atoms with Gasteiger partial charge in [0.25, 0.3) is 0 Å². The molecule has 0 spiro atoms. The first-order valence-corrected chi connectivity index (χ1v) is 33.1. The normalized spacial score (nSPS) is 15.9. The van der Waals surface area contributed by atoms with Crippen molar-refractivity contribution in [3.8, 4) is 22.6 Å². The molecule has 6 N–H and O–H groups in total. The van der Waals surface area contributed by atoms with Crippen LogP contribution in [-0.4, -0.2) is 143 Å². The Bertz CT molecular complexity index is 3370. The molecule has 27 heteroatoms. The molecule has 97 heavy (non-hydrogen) atoms. The molecule has 0 saturated carbocycles. The number of nitrogens with one attached hydrogen (secondary N) is 2. The lowest BCUT2D eigenvalue weighted by Crippen LogP contribution is -2.41. The number of methoxy groups -OCH3 is 2. The van der Waals surface area contributed by atoms with Crippen molar-refractivity contribution in [3.05, 3.63) is 135 Å². The highest BCUT2D eigenvalue weighted by molar-refractivity contribution is 14.1. The van der Waals surface area contributed by atoms with Gasteiger partial charge in [-0.25, -0.2) is 19.6 Å². The summed E-state index contributed by atoms with van der Waals surface area (Å²) in [5.41, 5.74) is 18.8. The van der Waals surface area contributed by atoms with Crippen molar-refractivity contribution in [3.63, 3.8) is 0 Å². The van der Waals surface area contributed by atoms with E-state index in [1.165, 1.54) is 15.4 Å². The number of hydrogen-bond donors (Lipinski definition) is 4. The van der Waals surface area contributed by atoms with Gasteiger partial charge < -0.3 is 70.0 Å². The fraction of sp³-hybridized carbons (Fsp3) is 0.486. The first kappa shape index (κ1) is 82.5. The van der Waals surface area contributed by atoms with Crippen molar-refractivity contribution in [1.82, 2.24) is 19.8 Å². The van der Waals surface area contributed by atoms with Crippen molar-refractivity contribution < 1.29 is 64.2 Å². The molecule has 0 bridgehead atoms. The Balaban J connectivity index is 0.000000299. The molecule has 3 aliphatic rings. The van der Waals surface area contributed by atoms with E-state index in [2.05, 4.69) is 48.1 Å². The van der Waals surface area contributed by atoms with E-state index >= 15 is 0 Å². The number of nitrogen functional groups attached to an aromatic ring is 2. The Morgan fingerprint density at radius 1 is 0.619 bits per heavy atom. The Labute approximate surface area is 589 Å². The van der Waals surface area contributed by atoms with Gasteiger partial charge >= 0.3 is 31.5 Å². The molecule has 3 saturated heterocycles. The minimum atomic E-state index is -4.23. The third-order valence-corrected chi connectivity index (χ3v) is 17.0. The zero-order chi connectivity index (χ0) is 71.1. The van der Waals surface area contributed by atoms with Gasteiger partial charge in [-0.05, 0) is 223 Å². The van der Waals surface area contributed by atoms with Crippen LogP contribution in [0.5, 0.6) is 11.5 Å². The Morgan fingerprint density at radius 3 is 1.41 bits per heavy atom. The summed E-state index contributed by atoms with van der Waals surface area (Å²) in [6.07, 6.45) is -9.45. The molecule has 0 unspecified atom stereocenters. The van der Waals surface area contributed by atoms with E-state index < -0.39 is 67.4 Å². The fourth-order valence-corrected chi connectivity index (χ4v) is 11.1. The summed E-state index contributed by atoms with van der Waals surface area (Å²) < 4.78 is 109. The van der Waals surface area contributed by atoms with Gasteiger partial charge in [0.05, 0.1) is 25.4 Å². The number of aryl methyl sites for hydroxylation is 2. The number of aromatic nitrogens is 2.